The number of nitrogens with one attached hydrogen (secondary N) is 1. The Morgan fingerprint density at radius 1 is 1.57 bits per heavy atom. The Bertz CT molecular complexity index is 710. The monoisotopic (exact) mass is 348 g/mol. The van der Waals surface area contributed by atoms with Gasteiger partial charge in [-0.25, -0.2) is 0 Å². The van der Waals surface area contributed by atoms with Crippen LogP contribution in [0.5, 0.6) is 0 Å². The molecule has 1 aromatic heterocycles. The Kier molecular flexibility index (Phi) is 5.06. The van der Waals surface area contributed by atoms with Crippen LogP contribution in [0.2, 0.25) is 0 Å². The van der Waals surface area contributed by atoms with Crippen LogP contribution in [0, 0.1) is 5.41 Å². The predicted molar refractivity (Wildman–Crippen MR) is 75.8 cm³/mol. The lowest BCUT2D eigenvalue weighted by atomic mass is 10.2. The zero-order valence-electron chi connectivity index (χ0n) is 13.2. The van der Waals surface area contributed by atoms with Crippen molar-refractivity contribution >= 4 is 16.2 Å². The molecule has 12 heteroatoms. The molecule has 1 aromatic rings. The van der Waals surface area contributed by atoms with Gasteiger partial charge in [0.2, 0.25) is 0 Å². The first-order chi connectivity index (χ1) is 10.8. The summed E-state index contributed by atoms with van der Waals surface area (Å²) >= 11 is 0. The molecular formula is C11H20N6O5S. The number of hydrogen-bond donors (Lipinski definition) is 1. The summed E-state index contributed by atoms with van der Waals surface area (Å²) in [5, 5.41) is 12.5. The van der Waals surface area contributed by atoms with E-state index in [9.17, 15) is 13.2 Å². The van der Waals surface area contributed by atoms with Gasteiger partial charge in [-0.1, -0.05) is 4.79 Å². The van der Waals surface area contributed by atoms with E-state index in [0.29, 0.717) is 0 Å². The number of piperazine rings is 1. The highest BCUT2D eigenvalue weighted by atomic mass is 32.2. The van der Waals surface area contributed by atoms with Gasteiger partial charge in [-0.3, -0.25) is 15.2 Å². The Morgan fingerprint density at radius 2 is 2.26 bits per heavy atom. The van der Waals surface area contributed by atoms with Crippen LogP contribution in [-0.2, 0) is 19.7 Å². The molecule has 11 nitrogen and oxygen atoms in total. The number of carbonyl (C=O) groups is 1. The molecule has 0 radical (unpaired) electrons. The first-order valence-corrected chi connectivity index (χ1v) is 8.38. The Morgan fingerprint density at radius 3 is 2.78 bits per heavy atom. The highest BCUT2D eigenvalue weighted by Gasteiger charge is 2.39. The van der Waals surface area contributed by atoms with E-state index in [1.165, 1.54) is 34.4 Å². The highest BCUT2D eigenvalue weighted by molar-refractivity contribution is 7.86. The lowest BCUT2D eigenvalue weighted by Crippen LogP contribution is -2.73. The van der Waals surface area contributed by atoms with Crippen molar-refractivity contribution in [1.29, 1.82) is 5.41 Å². The predicted octanol–water partition coefficient (Wildman–Crippen LogP) is -3.00. The molecule has 1 atom stereocenters. The minimum atomic E-state index is -3.64. The highest BCUT2D eigenvalue weighted by Crippen LogP contribution is 2.13. The van der Waals surface area contributed by atoms with E-state index in [1.807, 2.05) is 0 Å². The molecule has 0 spiro atoms. The Labute approximate surface area is 133 Å². The average molecular weight is 348 g/mol. The maximum Gasteiger partial charge on any atom is 0.314 e. The Balaban J connectivity index is 2.29. The van der Waals surface area contributed by atoms with Crippen molar-refractivity contribution in [3.05, 3.63) is 11.8 Å². The maximum absolute atomic E-state index is 12.3. The summed E-state index contributed by atoms with van der Waals surface area (Å²) < 4.78 is 36.6. The van der Waals surface area contributed by atoms with Gasteiger partial charge in [0.25, 0.3) is 22.0 Å². The average Bonchev–Trinajstić information content (AvgIpc) is 2.93. The Hall–Kier alpha value is -1.92. The molecule has 2 rings (SSSR count). The van der Waals surface area contributed by atoms with Gasteiger partial charge in [0, 0.05) is 33.7 Å². The summed E-state index contributed by atoms with van der Waals surface area (Å²) in [5.74, 6) is -0.562. The third-order valence-electron chi connectivity index (χ3n) is 3.38. The van der Waals surface area contributed by atoms with Crippen molar-refractivity contribution in [1.82, 2.24) is 13.9 Å². The van der Waals surface area contributed by atoms with Crippen LogP contribution >= 0.6 is 0 Å². The van der Waals surface area contributed by atoms with Gasteiger partial charge in [-0.05, 0) is 12.2 Å². The standard InChI is InChI=1S/C11H20N6O5S/c1-4-21-11(18)9-7-15(23(19,20)14(2)3)5-6-16(9)17-8-10(12)22-13-17/h8-9,12H,4-7H2,1-3H3. The van der Waals surface area contributed by atoms with Crippen LogP contribution in [-0.4, -0.2) is 69.4 Å². The molecule has 1 aliphatic heterocycles. The molecule has 1 saturated heterocycles. The zero-order chi connectivity index (χ0) is 17.2. The lowest BCUT2D eigenvalue weighted by molar-refractivity contribution is -0.766. The molecule has 2 heterocycles. The normalized spacial score (nSPS) is 20.0. The van der Waals surface area contributed by atoms with Gasteiger partial charge in [-0.2, -0.15) is 17.0 Å². The first-order valence-electron chi connectivity index (χ1n) is 6.98. The minimum absolute atomic E-state index is 0.0768. The van der Waals surface area contributed by atoms with Crippen LogP contribution in [0.25, 0.3) is 0 Å². The summed E-state index contributed by atoms with van der Waals surface area (Å²) in [6.45, 7) is 2.14. The number of aromatic nitrogens is 2. The van der Waals surface area contributed by atoms with E-state index >= 15 is 0 Å². The van der Waals surface area contributed by atoms with E-state index in [1.54, 1.807) is 6.92 Å². The van der Waals surface area contributed by atoms with Crippen molar-refractivity contribution in [2.75, 3.05) is 45.3 Å². The van der Waals surface area contributed by atoms with Crippen LogP contribution in [0.4, 0.5) is 0 Å². The van der Waals surface area contributed by atoms with Crippen LogP contribution < -0.4 is 20.6 Å². The SMILES string of the molecule is CCOC(=O)C1CN(S(=O)(=O)N(C)C)CCN1[n+]1cc(=N)o[n-]1. The molecule has 0 aromatic carbocycles. The molecule has 130 valence electrons. The van der Waals surface area contributed by atoms with E-state index in [4.69, 9.17) is 10.1 Å². The topological polar surface area (TPSA) is 125 Å². The van der Waals surface area contributed by atoms with Crippen molar-refractivity contribution in [2.24, 2.45) is 0 Å². The molecule has 23 heavy (non-hydrogen) atoms. The second kappa shape index (κ2) is 6.68. The molecular weight excluding hydrogens is 328 g/mol. The molecule has 1 fully saturated rings. The summed E-state index contributed by atoms with van der Waals surface area (Å²) in [6.07, 6.45) is 1.29. The van der Waals surface area contributed by atoms with Gasteiger partial charge >= 0.3 is 5.97 Å². The van der Waals surface area contributed by atoms with Crippen LogP contribution in [0.1, 0.15) is 6.92 Å². The zero-order valence-corrected chi connectivity index (χ0v) is 14.0. The third kappa shape index (κ3) is 3.54. The number of carbonyl (C=O) groups excluding carboxylic acids is 1. The van der Waals surface area contributed by atoms with Crippen LogP contribution in [0.15, 0.2) is 10.7 Å². The largest absolute Gasteiger partial charge is 0.466 e. The molecule has 1 N–H and O–H groups in total. The smallest absolute Gasteiger partial charge is 0.314 e. The fraction of sp³-hybridized carbons (Fsp3) is 0.727. The number of ether oxygens (including phenoxy) is 1. The molecule has 1 unspecified atom stereocenters. The third-order valence-corrected chi connectivity index (χ3v) is 5.29. The van der Waals surface area contributed by atoms with Crippen molar-refractivity contribution in [2.45, 2.75) is 13.0 Å². The fourth-order valence-electron chi connectivity index (χ4n) is 2.23. The van der Waals surface area contributed by atoms with Crippen molar-refractivity contribution in [3.8, 4) is 0 Å². The fourth-order valence-corrected chi connectivity index (χ4v) is 3.33. The van der Waals surface area contributed by atoms with E-state index in [2.05, 4.69) is 9.79 Å². The molecule has 0 aliphatic carbocycles. The summed E-state index contributed by atoms with van der Waals surface area (Å²) in [6, 6.07) is -0.882. The van der Waals surface area contributed by atoms with Gasteiger partial charge in [0.15, 0.2) is 0 Å². The minimum Gasteiger partial charge on any atom is -0.466 e. The number of rotatable bonds is 5. The quantitative estimate of drug-likeness (QED) is 0.444. The number of nitrogens with zero attached hydrogens (tertiary/aromatic N) is 5. The van der Waals surface area contributed by atoms with Crippen molar-refractivity contribution in [3.63, 3.8) is 0 Å². The van der Waals surface area contributed by atoms with Gasteiger partial charge in [0.1, 0.15) is 6.04 Å². The molecule has 1 aliphatic rings. The maximum atomic E-state index is 12.3. The molecule has 0 amide bonds. The number of hydrogen-bond acceptors (Lipinski definition) is 7. The first kappa shape index (κ1) is 17.4. The van der Waals surface area contributed by atoms with Gasteiger partial charge in [0.05, 0.1) is 6.61 Å². The molecule has 0 bridgehead atoms. The van der Waals surface area contributed by atoms with Crippen molar-refractivity contribution < 1.29 is 27.3 Å². The van der Waals surface area contributed by atoms with E-state index < -0.39 is 22.2 Å². The summed E-state index contributed by atoms with van der Waals surface area (Å²) in [4.78, 5) is 13.4. The summed E-state index contributed by atoms with van der Waals surface area (Å²) in [7, 11) is -0.779. The van der Waals surface area contributed by atoms with Gasteiger partial charge < -0.3 is 9.26 Å². The summed E-state index contributed by atoms with van der Waals surface area (Å²) in [5.41, 5.74) is -0.170. The lowest BCUT2D eigenvalue weighted by Gasteiger charge is -2.40. The van der Waals surface area contributed by atoms with Crippen LogP contribution in [0.3, 0.4) is 0 Å². The van der Waals surface area contributed by atoms with Gasteiger partial charge in [-0.15, -0.1) is 0 Å². The second-order valence-corrected chi connectivity index (χ2v) is 7.21. The second-order valence-electron chi connectivity index (χ2n) is 5.07. The molecule has 0 saturated carbocycles. The number of esters is 1. The van der Waals surface area contributed by atoms with E-state index in [-0.39, 0.29) is 31.8 Å². The van der Waals surface area contributed by atoms with E-state index in [0.717, 1.165) is 4.31 Å².